The number of hydrogen-bond acceptors (Lipinski definition) is 4. The number of hydrogen-bond donors (Lipinski definition) is 1. The van der Waals surface area contributed by atoms with Gasteiger partial charge in [-0.05, 0) is 29.8 Å². The molecule has 2 heterocycles. The van der Waals surface area contributed by atoms with E-state index in [0.717, 1.165) is 11.3 Å². The number of rotatable bonds is 2. The van der Waals surface area contributed by atoms with Crippen LogP contribution in [0.5, 0.6) is 5.75 Å². The number of nitrogens with zero attached hydrogens (tertiary/aromatic N) is 1. The van der Waals surface area contributed by atoms with Gasteiger partial charge in [0.25, 0.3) is 0 Å². The van der Waals surface area contributed by atoms with E-state index in [9.17, 15) is 4.79 Å². The number of carboxylic acid groups (broad SMARTS) is 1. The van der Waals surface area contributed by atoms with Crippen molar-refractivity contribution in [1.82, 2.24) is 4.98 Å². The first-order chi connectivity index (χ1) is 10.2. The van der Waals surface area contributed by atoms with Gasteiger partial charge in [0, 0.05) is 6.42 Å². The van der Waals surface area contributed by atoms with Gasteiger partial charge in [0.1, 0.15) is 11.3 Å². The average molecular weight is 281 g/mol. The predicted octanol–water partition coefficient (Wildman–Crippen LogP) is 3.20. The van der Waals surface area contributed by atoms with E-state index in [2.05, 4.69) is 4.98 Å². The maximum Gasteiger partial charge on any atom is 0.335 e. The van der Waals surface area contributed by atoms with Gasteiger partial charge in [-0.2, -0.15) is 0 Å². The number of para-hydroxylation sites is 1. The minimum atomic E-state index is -0.981. The third kappa shape index (κ3) is 1.94. The van der Waals surface area contributed by atoms with E-state index in [1.165, 1.54) is 12.1 Å². The van der Waals surface area contributed by atoms with E-state index in [1.807, 2.05) is 24.3 Å². The Hall–Kier alpha value is -2.82. The van der Waals surface area contributed by atoms with Crippen molar-refractivity contribution in [3.05, 3.63) is 59.5 Å². The number of aromatic carboxylic acids is 1. The number of benzene rings is 2. The highest BCUT2D eigenvalue weighted by Crippen LogP contribution is 2.36. The van der Waals surface area contributed by atoms with Gasteiger partial charge >= 0.3 is 5.97 Å². The summed E-state index contributed by atoms with van der Waals surface area (Å²) in [5.41, 5.74) is 2.41. The van der Waals surface area contributed by atoms with Crippen LogP contribution in [-0.4, -0.2) is 16.1 Å². The summed E-state index contributed by atoms with van der Waals surface area (Å²) in [5.74, 6) is 0.339. The van der Waals surface area contributed by atoms with Crippen molar-refractivity contribution in [3.63, 3.8) is 0 Å². The van der Waals surface area contributed by atoms with Gasteiger partial charge in [0.05, 0.1) is 5.56 Å². The van der Waals surface area contributed by atoms with Crippen LogP contribution >= 0.6 is 0 Å². The third-order valence-corrected chi connectivity index (χ3v) is 3.57. The first-order valence-electron chi connectivity index (χ1n) is 6.59. The lowest BCUT2D eigenvalue weighted by atomic mass is 10.1. The molecule has 0 aliphatic carbocycles. The molecule has 0 amide bonds. The summed E-state index contributed by atoms with van der Waals surface area (Å²) in [5, 5.41) is 9.00. The van der Waals surface area contributed by atoms with Crippen molar-refractivity contribution in [2.24, 2.45) is 0 Å². The van der Waals surface area contributed by atoms with Crippen LogP contribution in [0.1, 0.15) is 27.9 Å². The van der Waals surface area contributed by atoms with Crippen LogP contribution in [0.15, 0.2) is 46.9 Å². The Bertz CT molecular complexity index is 827. The lowest BCUT2D eigenvalue weighted by Crippen LogP contribution is -2.03. The summed E-state index contributed by atoms with van der Waals surface area (Å²) in [6.45, 7) is 0. The summed E-state index contributed by atoms with van der Waals surface area (Å²) < 4.78 is 11.5. The standard InChI is InChI=1S/C16H11NO4/c18-16(19)10-5-6-13-11(7-10)17-15(21-13)14-8-9-3-1-2-4-12(9)20-14/h1-7,14H,8H2,(H,18,19). The van der Waals surface area contributed by atoms with Crippen LogP contribution in [-0.2, 0) is 6.42 Å². The zero-order chi connectivity index (χ0) is 14.4. The van der Waals surface area contributed by atoms with Crippen molar-refractivity contribution >= 4 is 17.1 Å². The number of aromatic nitrogens is 1. The van der Waals surface area contributed by atoms with Crippen LogP contribution in [0.25, 0.3) is 11.1 Å². The molecule has 2 aromatic carbocycles. The average Bonchev–Trinajstić information content (AvgIpc) is 3.09. The Morgan fingerprint density at radius 2 is 2.10 bits per heavy atom. The summed E-state index contributed by atoms with van der Waals surface area (Å²) >= 11 is 0. The zero-order valence-electron chi connectivity index (χ0n) is 10.9. The van der Waals surface area contributed by atoms with Crippen molar-refractivity contribution in [1.29, 1.82) is 0 Å². The minimum absolute atomic E-state index is 0.193. The molecule has 0 spiro atoms. The second-order valence-electron chi connectivity index (χ2n) is 4.96. The Balaban J connectivity index is 1.71. The van der Waals surface area contributed by atoms with E-state index in [1.54, 1.807) is 6.07 Å². The number of oxazole rings is 1. The second kappa shape index (κ2) is 4.34. The van der Waals surface area contributed by atoms with Gasteiger partial charge in [-0.1, -0.05) is 18.2 Å². The maximum absolute atomic E-state index is 11.0. The maximum atomic E-state index is 11.0. The molecule has 1 atom stereocenters. The lowest BCUT2D eigenvalue weighted by molar-refractivity contribution is 0.0697. The topological polar surface area (TPSA) is 72.6 Å². The molecule has 104 valence electrons. The monoisotopic (exact) mass is 281 g/mol. The normalized spacial score (nSPS) is 16.7. The predicted molar refractivity (Wildman–Crippen MR) is 74.5 cm³/mol. The van der Waals surface area contributed by atoms with Crippen LogP contribution in [0.2, 0.25) is 0 Å². The van der Waals surface area contributed by atoms with Crippen molar-refractivity contribution in [2.75, 3.05) is 0 Å². The van der Waals surface area contributed by atoms with Crippen LogP contribution in [0.4, 0.5) is 0 Å². The fourth-order valence-electron chi connectivity index (χ4n) is 2.54. The first kappa shape index (κ1) is 12.0. The van der Waals surface area contributed by atoms with Crippen molar-refractivity contribution in [3.8, 4) is 5.75 Å². The highest BCUT2D eigenvalue weighted by Gasteiger charge is 2.28. The fourth-order valence-corrected chi connectivity index (χ4v) is 2.54. The zero-order valence-corrected chi connectivity index (χ0v) is 10.9. The first-order valence-corrected chi connectivity index (χ1v) is 6.59. The molecule has 0 radical (unpaired) electrons. The van der Waals surface area contributed by atoms with E-state index >= 15 is 0 Å². The molecular weight excluding hydrogens is 270 g/mol. The quantitative estimate of drug-likeness (QED) is 0.780. The molecule has 1 unspecified atom stereocenters. The molecule has 0 bridgehead atoms. The van der Waals surface area contributed by atoms with Gasteiger partial charge < -0.3 is 14.3 Å². The molecular formula is C16H11NO4. The van der Waals surface area contributed by atoms with Gasteiger partial charge in [0.2, 0.25) is 5.89 Å². The van der Waals surface area contributed by atoms with Gasteiger partial charge in [-0.15, -0.1) is 0 Å². The number of ether oxygens (including phenoxy) is 1. The van der Waals surface area contributed by atoms with Crippen LogP contribution in [0.3, 0.4) is 0 Å². The highest BCUT2D eigenvalue weighted by atomic mass is 16.5. The van der Waals surface area contributed by atoms with Crippen molar-refractivity contribution in [2.45, 2.75) is 12.5 Å². The molecule has 1 aliphatic rings. The Morgan fingerprint density at radius 1 is 1.24 bits per heavy atom. The Morgan fingerprint density at radius 3 is 2.90 bits per heavy atom. The lowest BCUT2D eigenvalue weighted by Gasteiger charge is -2.04. The van der Waals surface area contributed by atoms with Gasteiger partial charge in [0.15, 0.2) is 11.7 Å². The summed E-state index contributed by atoms with van der Waals surface area (Å²) in [6, 6.07) is 12.5. The second-order valence-corrected chi connectivity index (χ2v) is 4.96. The Kier molecular flexibility index (Phi) is 2.47. The van der Waals surface area contributed by atoms with Crippen molar-refractivity contribution < 1.29 is 19.1 Å². The molecule has 0 saturated heterocycles. The molecule has 1 aromatic heterocycles. The van der Waals surface area contributed by atoms with Gasteiger partial charge in [-0.3, -0.25) is 0 Å². The van der Waals surface area contributed by atoms with Crippen LogP contribution < -0.4 is 4.74 Å². The van der Waals surface area contributed by atoms with E-state index in [-0.39, 0.29) is 11.7 Å². The van der Waals surface area contributed by atoms with Gasteiger partial charge in [-0.25, -0.2) is 9.78 Å². The molecule has 5 heteroatoms. The largest absolute Gasteiger partial charge is 0.480 e. The highest BCUT2D eigenvalue weighted by molar-refractivity contribution is 5.91. The molecule has 3 aromatic rings. The SMILES string of the molecule is O=C(O)c1ccc2oc(C3Cc4ccccc4O3)nc2c1. The molecule has 0 saturated carbocycles. The summed E-state index contributed by atoms with van der Waals surface area (Å²) in [4.78, 5) is 15.3. The Labute approximate surface area is 119 Å². The fraction of sp³-hybridized carbons (Fsp3) is 0.125. The summed E-state index contributed by atoms with van der Waals surface area (Å²) in [6.07, 6.45) is 0.442. The molecule has 5 nitrogen and oxygen atoms in total. The van der Waals surface area contributed by atoms with E-state index in [0.29, 0.717) is 23.4 Å². The van der Waals surface area contributed by atoms with E-state index < -0.39 is 5.97 Å². The molecule has 0 fully saturated rings. The smallest absolute Gasteiger partial charge is 0.335 e. The number of carbonyl (C=O) groups is 1. The molecule has 4 rings (SSSR count). The third-order valence-electron chi connectivity index (χ3n) is 3.57. The van der Waals surface area contributed by atoms with E-state index in [4.69, 9.17) is 14.3 Å². The number of carboxylic acids is 1. The minimum Gasteiger partial charge on any atom is -0.480 e. The molecule has 21 heavy (non-hydrogen) atoms. The summed E-state index contributed by atoms with van der Waals surface area (Å²) in [7, 11) is 0. The molecule has 1 N–H and O–H groups in total. The molecule has 1 aliphatic heterocycles. The number of fused-ring (bicyclic) bond motifs is 2. The van der Waals surface area contributed by atoms with Crippen LogP contribution in [0, 0.1) is 0 Å².